The second kappa shape index (κ2) is 5.79. The highest BCUT2D eigenvalue weighted by atomic mass is 79.9. The second-order valence-corrected chi connectivity index (χ2v) is 6.65. The van der Waals surface area contributed by atoms with Gasteiger partial charge in [0, 0.05) is 11.0 Å². The van der Waals surface area contributed by atoms with Gasteiger partial charge in [-0.05, 0) is 32.2 Å². The molecule has 1 aromatic carbocycles. The fraction of sp³-hybridized carbons (Fsp3) is 0.400. The average Bonchev–Trinajstić information content (AvgIpc) is 2.22. The monoisotopic (exact) mass is 324 g/mol. The van der Waals surface area contributed by atoms with Crippen molar-refractivity contribution < 1.29 is 12.8 Å². The molecule has 0 aromatic heterocycles. The third-order valence-corrected chi connectivity index (χ3v) is 4.43. The van der Waals surface area contributed by atoms with Crippen molar-refractivity contribution in [1.82, 2.24) is 5.32 Å². The minimum absolute atomic E-state index is 0.0452. The van der Waals surface area contributed by atoms with Gasteiger partial charge in [-0.15, -0.1) is 0 Å². The summed E-state index contributed by atoms with van der Waals surface area (Å²) in [5.74, 6) is -0.611. The molecule has 0 heterocycles. The molecule has 4 nitrogen and oxygen atoms in total. The molecular weight excluding hydrogens is 311 g/mol. The van der Waals surface area contributed by atoms with Crippen LogP contribution in [-0.4, -0.2) is 27.3 Å². The first-order chi connectivity index (χ1) is 7.86. The van der Waals surface area contributed by atoms with Crippen LogP contribution in [0.25, 0.3) is 0 Å². The van der Waals surface area contributed by atoms with Crippen LogP contribution in [-0.2, 0) is 10.0 Å². The molecule has 1 aromatic rings. The van der Waals surface area contributed by atoms with Crippen molar-refractivity contribution in [2.45, 2.75) is 12.2 Å². The van der Waals surface area contributed by atoms with Crippen molar-refractivity contribution in [3.05, 3.63) is 28.5 Å². The standard InChI is InChI=1S/C10H14BrFN2O2S/c1-7(6-13-2)17(15,16)14-10-4-3-8(11)5-9(10)12/h3-5,7,13-14H,6H2,1-2H3. The van der Waals surface area contributed by atoms with E-state index in [0.29, 0.717) is 11.0 Å². The molecule has 96 valence electrons. The molecule has 7 heteroatoms. The van der Waals surface area contributed by atoms with E-state index in [2.05, 4.69) is 26.0 Å². The van der Waals surface area contributed by atoms with Gasteiger partial charge in [0.05, 0.1) is 10.9 Å². The normalized spacial score (nSPS) is 13.4. The van der Waals surface area contributed by atoms with Crippen LogP contribution < -0.4 is 10.0 Å². The highest BCUT2D eigenvalue weighted by Gasteiger charge is 2.21. The van der Waals surface area contributed by atoms with E-state index < -0.39 is 21.1 Å². The first-order valence-corrected chi connectivity index (χ1v) is 7.32. The summed E-state index contributed by atoms with van der Waals surface area (Å²) >= 11 is 3.10. The number of hydrogen-bond donors (Lipinski definition) is 2. The van der Waals surface area contributed by atoms with Gasteiger partial charge in [-0.25, -0.2) is 12.8 Å². The average molecular weight is 325 g/mol. The summed E-state index contributed by atoms with van der Waals surface area (Å²) in [7, 11) is -1.92. The summed E-state index contributed by atoms with van der Waals surface area (Å²) in [5.41, 5.74) is -0.0452. The van der Waals surface area contributed by atoms with Crippen LogP contribution in [0.5, 0.6) is 0 Å². The second-order valence-electron chi connectivity index (χ2n) is 3.64. The quantitative estimate of drug-likeness (QED) is 0.870. The van der Waals surface area contributed by atoms with E-state index in [1.165, 1.54) is 12.1 Å². The van der Waals surface area contributed by atoms with Crippen LogP contribution in [0.15, 0.2) is 22.7 Å². The lowest BCUT2D eigenvalue weighted by Crippen LogP contribution is -2.33. The van der Waals surface area contributed by atoms with Crippen LogP contribution in [0.4, 0.5) is 10.1 Å². The van der Waals surface area contributed by atoms with Gasteiger partial charge in [-0.3, -0.25) is 4.72 Å². The molecule has 17 heavy (non-hydrogen) atoms. The number of benzene rings is 1. The molecule has 0 radical (unpaired) electrons. The van der Waals surface area contributed by atoms with Gasteiger partial charge in [0.2, 0.25) is 10.0 Å². The van der Waals surface area contributed by atoms with Crippen molar-refractivity contribution in [1.29, 1.82) is 0 Å². The van der Waals surface area contributed by atoms with Gasteiger partial charge >= 0.3 is 0 Å². The van der Waals surface area contributed by atoms with E-state index in [0.717, 1.165) is 0 Å². The van der Waals surface area contributed by atoms with Crippen LogP contribution in [0.1, 0.15) is 6.92 Å². The minimum atomic E-state index is -3.58. The predicted molar refractivity (Wildman–Crippen MR) is 70.0 cm³/mol. The van der Waals surface area contributed by atoms with Crippen LogP contribution in [0.2, 0.25) is 0 Å². The topological polar surface area (TPSA) is 58.2 Å². The summed E-state index contributed by atoms with van der Waals surface area (Å²) in [6.45, 7) is 1.85. The first-order valence-electron chi connectivity index (χ1n) is 4.98. The molecular formula is C10H14BrFN2O2S. The number of nitrogens with one attached hydrogen (secondary N) is 2. The Balaban J connectivity index is 2.90. The van der Waals surface area contributed by atoms with Crippen LogP contribution in [0.3, 0.4) is 0 Å². The molecule has 2 N–H and O–H groups in total. The fourth-order valence-electron chi connectivity index (χ4n) is 1.22. The van der Waals surface area contributed by atoms with Crippen LogP contribution >= 0.6 is 15.9 Å². The number of rotatable bonds is 5. The molecule has 0 saturated carbocycles. The van der Waals surface area contributed by atoms with E-state index in [1.807, 2.05) is 0 Å². The van der Waals surface area contributed by atoms with Gasteiger partial charge in [0.15, 0.2) is 0 Å². The zero-order chi connectivity index (χ0) is 13.1. The Morgan fingerprint density at radius 2 is 2.12 bits per heavy atom. The summed E-state index contributed by atoms with van der Waals surface area (Å²) < 4.78 is 39.8. The molecule has 0 spiro atoms. The zero-order valence-electron chi connectivity index (χ0n) is 9.50. The van der Waals surface area contributed by atoms with E-state index in [4.69, 9.17) is 0 Å². The Labute approximate surface area is 109 Å². The Morgan fingerprint density at radius 1 is 1.47 bits per heavy atom. The highest BCUT2D eigenvalue weighted by molar-refractivity contribution is 9.10. The van der Waals surface area contributed by atoms with Gasteiger partial charge in [-0.1, -0.05) is 15.9 Å². The van der Waals surface area contributed by atoms with Crippen molar-refractivity contribution in [2.75, 3.05) is 18.3 Å². The first kappa shape index (κ1) is 14.4. The number of halogens is 2. The van der Waals surface area contributed by atoms with Gasteiger partial charge in [0.1, 0.15) is 5.82 Å². The zero-order valence-corrected chi connectivity index (χ0v) is 11.9. The SMILES string of the molecule is CNCC(C)S(=O)(=O)Nc1ccc(Br)cc1F. The molecule has 0 saturated heterocycles. The Morgan fingerprint density at radius 3 is 2.65 bits per heavy atom. The lowest BCUT2D eigenvalue weighted by atomic mass is 10.3. The Bertz CT molecular complexity index is 493. The minimum Gasteiger partial charge on any atom is -0.318 e. The molecule has 0 fully saturated rings. The molecule has 0 aliphatic rings. The molecule has 0 amide bonds. The summed E-state index contributed by atoms with van der Waals surface area (Å²) in [6.07, 6.45) is 0. The molecule has 0 bridgehead atoms. The lowest BCUT2D eigenvalue weighted by molar-refractivity contribution is 0.582. The molecule has 1 atom stereocenters. The predicted octanol–water partition coefficient (Wildman–Crippen LogP) is 1.94. The van der Waals surface area contributed by atoms with Gasteiger partial charge in [-0.2, -0.15) is 0 Å². The van der Waals surface area contributed by atoms with Crippen molar-refractivity contribution in [2.24, 2.45) is 0 Å². The fourth-order valence-corrected chi connectivity index (χ4v) is 2.62. The largest absolute Gasteiger partial charge is 0.318 e. The van der Waals surface area contributed by atoms with Gasteiger partial charge in [0.25, 0.3) is 0 Å². The summed E-state index contributed by atoms with van der Waals surface area (Å²) in [5, 5.41) is 2.12. The van der Waals surface area contributed by atoms with E-state index in [1.54, 1.807) is 20.0 Å². The Hall–Kier alpha value is -0.660. The third-order valence-electron chi connectivity index (χ3n) is 2.20. The lowest BCUT2D eigenvalue weighted by Gasteiger charge is -2.14. The molecule has 0 aliphatic carbocycles. The maximum atomic E-state index is 13.5. The maximum absolute atomic E-state index is 13.5. The van der Waals surface area contributed by atoms with E-state index in [9.17, 15) is 12.8 Å². The molecule has 0 aliphatic heterocycles. The van der Waals surface area contributed by atoms with E-state index >= 15 is 0 Å². The number of anilines is 1. The van der Waals surface area contributed by atoms with E-state index in [-0.39, 0.29) is 5.69 Å². The highest BCUT2D eigenvalue weighted by Crippen LogP contribution is 2.21. The Kier molecular flexibility index (Phi) is 4.91. The third kappa shape index (κ3) is 3.93. The number of hydrogen-bond acceptors (Lipinski definition) is 3. The summed E-state index contributed by atoms with van der Waals surface area (Å²) in [6, 6.07) is 4.16. The number of sulfonamides is 1. The smallest absolute Gasteiger partial charge is 0.236 e. The van der Waals surface area contributed by atoms with Crippen LogP contribution in [0, 0.1) is 5.82 Å². The summed E-state index contributed by atoms with van der Waals surface area (Å²) in [4.78, 5) is 0. The maximum Gasteiger partial charge on any atom is 0.236 e. The van der Waals surface area contributed by atoms with Gasteiger partial charge < -0.3 is 5.32 Å². The van der Waals surface area contributed by atoms with Crippen molar-refractivity contribution in [3.63, 3.8) is 0 Å². The van der Waals surface area contributed by atoms with Crippen molar-refractivity contribution >= 4 is 31.6 Å². The van der Waals surface area contributed by atoms with Crippen molar-refractivity contribution in [3.8, 4) is 0 Å². The molecule has 1 rings (SSSR count). The molecule has 1 unspecified atom stereocenters.